The van der Waals surface area contributed by atoms with Crippen molar-refractivity contribution in [2.45, 2.75) is 45.1 Å². The van der Waals surface area contributed by atoms with Crippen LogP contribution in [0, 0.1) is 12.8 Å². The maximum absolute atomic E-state index is 12.9. The molecule has 0 saturated carbocycles. The summed E-state index contributed by atoms with van der Waals surface area (Å²) in [4.78, 5) is 54.0. The molecule has 11 nitrogen and oxygen atoms in total. The molecule has 0 unspecified atom stereocenters. The molecular formula is C20H25N5O6S. The number of H-pyrrole nitrogens is 1. The van der Waals surface area contributed by atoms with Gasteiger partial charge in [0.25, 0.3) is 14.3 Å². The largest absolute Gasteiger partial charge is 0.481 e. The maximum Gasteiger partial charge on any atom is 0.326 e. The van der Waals surface area contributed by atoms with Crippen molar-refractivity contribution in [2.75, 3.05) is 17.6 Å². The maximum atomic E-state index is 12.9. The van der Waals surface area contributed by atoms with Crippen LogP contribution < -0.4 is 21.9 Å². The Morgan fingerprint density at radius 1 is 1.53 bits per heavy atom. The predicted molar refractivity (Wildman–Crippen MR) is 118 cm³/mol. The third-order valence-corrected chi connectivity index (χ3v) is 6.39. The zero-order chi connectivity index (χ0) is 29.0. The second-order valence-electron chi connectivity index (χ2n) is 7.48. The van der Waals surface area contributed by atoms with Gasteiger partial charge < -0.3 is 26.6 Å². The summed E-state index contributed by atoms with van der Waals surface area (Å²) in [5.74, 6) is -3.72. The molecule has 12 heteroatoms. The van der Waals surface area contributed by atoms with E-state index in [2.05, 4.69) is 15.2 Å². The molecule has 0 aliphatic carbocycles. The van der Waals surface area contributed by atoms with E-state index in [0.29, 0.717) is 23.1 Å². The Bertz CT molecular complexity index is 1310. The molecule has 3 heterocycles. The minimum Gasteiger partial charge on any atom is -0.481 e. The number of carbonyl (C=O) groups is 3. The predicted octanol–water partition coefficient (Wildman–Crippen LogP) is 0.987. The average molecular weight is 471 g/mol. The molecule has 2 aromatic heterocycles. The lowest BCUT2D eigenvalue weighted by Crippen LogP contribution is -2.40. The molecule has 1 aliphatic heterocycles. The van der Waals surface area contributed by atoms with Crippen molar-refractivity contribution in [3.8, 4) is 0 Å². The van der Waals surface area contributed by atoms with E-state index in [-0.39, 0.29) is 47.3 Å². The van der Waals surface area contributed by atoms with E-state index < -0.39 is 41.8 Å². The summed E-state index contributed by atoms with van der Waals surface area (Å²) in [6.45, 7) is 1.98. The van der Waals surface area contributed by atoms with Crippen molar-refractivity contribution in [1.29, 1.82) is 2.86 Å². The van der Waals surface area contributed by atoms with E-state index in [1.54, 1.807) is 13.0 Å². The van der Waals surface area contributed by atoms with Crippen molar-refractivity contribution < 1.29 is 31.7 Å². The van der Waals surface area contributed by atoms with E-state index in [0.717, 1.165) is 27.1 Å². The molecule has 0 fully saturated rings. The average Bonchev–Trinajstić information content (AvgIpc) is 3.28. The first kappa shape index (κ1) is 15.4. The van der Waals surface area contributed by atoms with Gasteiger partial charge in [-0.1, -0.05) is 0 Å². The summed E-state index contributed by atoms with van der Waals surface area (Å²) in [7, 11) is 0. The molecule has 7 N–H and O–H groups in total. The number of nitrogens with one attached hydrogen (secondary N) is 3. The van der Waals surface area contributed by atoms with E-state index >= 15 is 0 Å². The van der Waals surface area contributed by atoms with Gasteiger partial charge in [0.1, 0.15) is 11.9 Å². The number of rotatable bonds is 10. The second-order valence-corrected chi connectivity index (χ2v) is 8.61. The lowest BCUT2D eigenvalue weighted by Gasteiger charge is -2.24. The summed E-state index contributed by atoms with van der Waals surface area (Å²) in [6.07, 6.45) is 0.411. The number of aromatic nitrogens is 2. The smallest absolute Gasteiger partial charge is 0.326 e. The van der Waals surface area contributed by atoms with E-state index in [1.807, 2.05) is 0 Å². The zero-order valence-electron chi connectivity index (χ0n) is 24.1. The fourth-order valence-electron chi connectivity index (χ4n) is 3.42. The Morgan fingerprint density at radius 3 is 3.12 bits per heavy atom. The third kappa shape index (κ3) is 5.63. The summed E-state index contributed by atoms with van der Waals surface area (Å²) in [5.41, 5.74) is 0.175. The zero-order valence-corrected chi connectivity index (χ0v) is 17.9. The number of anilines is 2. The molecule has 0 bridgehead atoms. The first-order chi connectivity index (χ1) is 18.4. The molecular weight excluding hydrogens is 438 g/mol. The van der Waals surface area contributed by atoms with E-state index in [9.17, 15) is 19.2 Å². The molecule has 0 saturated heterocycles. The minimum atomic E-state index is -1.56. The highest BCUT2D eigenvalue weighted by Gasteiger charge is 2.25. The lowest BCUT2D eigenvalue weighted by molar-refractivity contribution is -0.140. The Labute approximate surface area is 197 Å². The summed E-state index contributed by atoms with van der Waals surface area (Å²) >= 11 is 1.10. The van der Waals surface area contributed by atoms with Gasteiger partial charge in [-0.25, -0.2) is 4.79 Å². The monoisotopic (exact) mass is 470 g/mol. The molecule has 32 heavy (non-hydrogen) atoms. The van der Waals surface area contributed by atoms with Crippen molar-refractivity contribution >= 4 is 40.9 Å². The fourth-order valence-corrected chi connectivity index (χ4v) is 4.50. The van der Waals surface area contributed by atoms with E-state index in [1.165, 1.54) is 0 Å². The van der Waals surface area contributed by atoms with Gasteiger partial charge in [0.2, 0.25) is 5.95 Å². The third-order valence-electron chi connectivity index (χ3n) is 5.11. The Balaban J connectivity index is 1.71. The van der Waals surface area contributed by atoms with Crippen LogP contribution in [0.2, 0.25) is 7.06 Å². The second kappa shape index (κ2) is 9.81. The number of thiophene rings is 1. The molecule has 2 atom stereocenters. The number of aliphatic carboxylic acids is 2. The quantitative estimate of drug-likeness (QED) is 0.294. The van der Waals surface area contributed by atoms with Crippen molar-refractivity contribution in [3.05, 3.63) is 37.3 Å². The SMILES string of the molecule is [2H]OC(=O)CC[C@@H](C(=O)O[2H])N([2H])C(=O)c1cc(C)c(CC[C@H]2Cc3c(nc(N([2H])[2H])n([2H])c3=O)N([2H])C2)s1. The number of fused-ring (bicyclic) bond motifs is 1. The molecule has 172 valence electrons. The van der Waals surface area contributed by atoms with Crippen LogP contribution >= 0.6 is 11.3 Å². The van der Waals surface area contributed by atoms with Gasteiger partial charge in [-0.15, -0.1) is 11.3 Å². The van der Waals surface area contributed by atoms with Gasteiger partial charge in [0.05, 0.1) is 10.4 Å². The van der Waals surface area contributed by atoms with Crippen molar-refractivity contribution in [2.24, 2.45) is 5.92 Å². The van der Waals surface area contributed by atoms with Crippen LogP contribution in [0.25, 0.3) is 2.86 Å². The summed E-state index contributed by atoms with van der Waals surface area (Å²) < 4.78 is 52.2. The molecule has 0 radical (unpaired) electrons. The number of carbonyl (C=O) groups excluding carboxylic acids is 1. The van der Waals surface area contributed by atoms with Crippen LogP contribution in [-0.4, -0.2) is 50.6 Å². The van der Waals surface area contributed by atoms with Crippen molar-refractivity contribution in [1.82, 2.24) is 15.3 Å². The van der Waals surface area contributed by atoms with Gasteiger partial charge in [-0.05, 0) is 50.2 Å². The normalized spacial score (nSPS) is 19.0. The summed E-state index contributed by atoms with van der Waals surface area (Å²) in [5, 5.41) is 9.03. The van der Waals surface area contributed by atoms with Crippen LogP contribution in [0.5, 0.6) is 0 Å². The van der Waals surface area contributed by atoms with Gasteiger partial charge in [-0.3, -0.25) is 19.4 Å². The van der Waals surface area contributed by atoms with Crippen molar-refractivity contribution in [3.63, 3.8) is 0 Å². The molecule has 0 spiro atoms. The first-order valence-electron chi connectivity index (χ1n) is 12.9. The number of carboxylic acids is 2. The van der Waals surface area contributed by atoms with Crippen LogP contribution in [0.3, 0.4) is 0 Å². The van der Waals surface area contributed by atoms with Crippen LogP contribution in [-0.2, 0) is 22.4 Å². The number of nitrogens with two attached hydrogens (primary N) is 1. The Morgan fingerprint density at radius 2 is 2.38 bits per heavy atom. The summed E-state index contributed by atoms with van der Waals surface area (Å²) in [6, 6.07) is -0.00644. The van der Waals surface area contributed by atoms with Gasteiger partial charge >= 0.3 is 11.9 Å². The molecule has 0 aromatic carbocycles. The molecule has 3 rings (SSSR count). The number of carboxylic acid groups (broad SMARTS) is 2. The van der Waals surface area contributed by atoms with Gasteiger partial charge in [-0.2, -0.15) is 4.98 Å². The van der Waals surface area contributed by atoms with Crippen LogP contribution in [0.15, 0.2) is 10.9 Å². The number of hydrogen-bond acceptors (Lipinski definition) is 10. The number of amides is 1. The highest BCUT2D eigenvalue weighted by atomic mass is 32.1. The van der Waals surface area contributed by atoms with Gasteiger partial charge in [0.15, 0.2) is 7.06 Å². The number of hydrogen-bond donors (Lipinski definition) is 6. The number of nitrogen functional groups attached to an aromatic ring is 1. The molecule has 1 amide bonds. The fraction of sp³-hybridized carbons (Fsp3) is 0.450. The number of aromatic amines is 1. The molecule has 2 aromatic rings. The Kier molecular flexibility index (Phi) is 4.72. The number of nitrogens with zero attached hydrogens (tertiary/aromatic N) is 1. The topological polar surface area (TPSA) is 187 Å². The Hall–Kier alpha value is -3.41. The van der Waals surface area contributed by atoms with Crippen LogP contribution in [0.4, 0.5) is 11.8 Å². The van der Waals surface area contributed by atoms with Crippen LogP contribution in [0.1, 0.15) is 44.9 Å². The van der Waals surface area contributed by atoms with E-state index in [4.69, 9.17) is 9.92 Å². The lowest BCUT2D eigenvalue weighted by atomic mass is 9.92. The highest BCUT2D eigenvalue weighted by Crippen LogP contribution is 2.28. The highest BCUT2D eigenvalue weighted by molar-refractivity contribution is 7.14. The number of aryl methyl sites for hydroxylation is 2. The van der Waals surface area contributed by atoms with Gasteiger partial charge in [0, 0.05) is 17.8 Å². The molecule has 1 aliphatic rings. The standard InChI is InChI=1S/C20H25N5O6S/c1-9-6-14(18(29)23-12(19(30)31)3-5-15(26)27)32-13(9)4-2-10-7-11-16(22-8-10)24-20(21)25-17(11)28/h6,10,12H,2-5,7-8H2,1H3,(H,23,29)(H,26,27)(H,30,31)(H4,21,22,24,25,28)/t10-,12-/m0/s1/i/hD7. The minimum absolute atomic E-state index is 0.00622. The first-order valence-corrected chi connectivity index (χ1v) is 10.6.